The fourth-order valence-electron chi connectivity index (χ4n) is 3.94. The zero-order chi connectivity index (χ0) is 20.5. The van der Waals surface area contributed by atoms with Gasteiger partial charge < -0.3 is 19.9 Å². The zero-order valence-electron chi connectivity index (χ0n) is 16.3. The quantitative estimate of drug-likeness (QED) is 0.576. The van der Waals surface area contributed by atoms with Crippen LogP contribution in [0.5, 0.6) is 0 Å². The third kappa shape index (κ3) is 3.73. The number of ether oxygens (including phenoxy) is 1. The van der Waals surface area contributed by atoms with E-state index in [1.54, 1.807) is 18.2 Å². The number of aromatic nitrogens is 1. The normalized spacial score (nSPS) is 16.9. The second kappa shape index (κ2) is 7.89. The average Bonchev–Trinajstić information content (AvgIpc) is 3.09. The van der Waals surface area contributed by atoms with Crippen LogP contribution in [0.1, 0.15) is 28.5 Å². The Morgan fingerprint density at radius 2 is 1.97 bits per heavy atom. The van der Waals surface area contributed by atoms with E-state index < -0.39 is 5.97 Å². The SMILES string of the molecule is COC(=O)c1[nH]c2ccc(Cl)cc2c1NC(=O)[C@H](C)[NH+]1CCc2ccccc2C1. The van der Waals surface area contributed by atoms with Crippen molar-refractivity contribution in [2.24, 2.45) is 0 Å². The van der Waals surface area contributed by atoms with Gasteiger partial charge in [0.25, 0.3) is 5.91 Å². The molecule has 1 unspecified atom stereocenters. The molecule has 3 aromatic rings. The number of H-pyrrole nitrogens is 1. The number of nitrogens with one attached hydrogen (secondary N) is 3. The Bertz CT molecular complexity index is 1090. The van der Waals surface area contributed by atoms with Gasteiger partial charge in [-0.3, -0.25) is 4.79 Å². The van der Waals surface area contributed by atoms with E-state index in [1.165, 1.54) is 23.1 Å². The van der Waals surface area contributed by atoms with Gasteiger partial charge in [0, 0.05) is 27.9 Å². The Labute approximate surface area is 173 Å². The molecule has 1 amide bonds. The highest BCUT2D eigenvalue weighted by Gasteiger charge is 2.30. The van der Waals surface area contributed by atoms with Crippen molar-refractivity contribution in [1.29, 1.82) is 0 Å². The number of halogens is 1. The van der Waals surface area contributed by atoms with E-state index in [-0.39, 0.29) is 17.6 Å². The monoisotopic (exact) mass is 412 g/mol. The summed E-state index contributed by atoms with van der Waals surface area (Å²) in [6, 6.07) is 13.3. The molecule has 1 aliphatic heterocycles. The number of benzene rings is 2. The summed E-state index contributed by atoms with van der Waals surface area (Å²) in [4.78, 5) is 29.5. The lowest BCUT2D eigenvalue weighted by Crippen LogP contribution is -3.16. The molecule has 1 aliphatic rings. The molecular formula is C22H23ClN3O3+. The molecule has 2 aromatic carbocycles. The topological polar surface area (TPSA) is 75.6 Å². The van der Waals surface area contributed by atoms with Gasteiger partial charge >= 0.3 is 5.97 Å². The Kier molecular flexibility index (Phi) is 5.30. The van der Waals surface area contributed by atoms with E-state index in [9.17, 15) is 9.59 Å². The van der Waals surface area contributed by atoms with Crippen molar-refractivity contribution in [2.45, 2.75) is 25.9 Å². The molecule has 0 fully saturated rings. The molecule has 0 radical (unpaired) electrons. The maximum atomic E-state index is 13.1. The van der Waals surface area contributed by atoms with Crippen LogP contribution in [0.4, 0.5) is 5.69 Å². The number of methoxy groups -OCH3 is 1. The van der Waals surface area contributed by atoms with Crippen molar-refractivity contribution in [3.8, 4) is 0 Å². The molecule has 0 aliphatic carbocycles. The Morgan fingerprint density at radius 1 is 1.21 bits per heavy atom. The van der Waals surface area contributed by atoms with E-state index in [1.807, 2.05) is 13.0 Å². The summed E-state index contributed by atoms with van der Waals surface area (Å²) < 4.78 is 4.87. The predicted molar refractivity (Wildman–Crippen MR) is 112 cm³/mol. The lowest BCUT2D eigenvalue weighted by atomic mass is 9.98. The molecule has 29 heavy (non-hydrogen) atoms. The van der Waals surface area contributed by atoms with Crippen LogP contribution in [0, 0.1) is 0 Å². The molecule has 0 bridgehead atoms. The van der Waals surface area contributed by atoms with Gasteiger partial charge in [0.15, 0.2) is 6.04 Å². The van der Waals surface area contributed by atoms with Crippen LogP contribution in [-0.2, 0) is 22.5 Å². The smallest absolute Gasteiger partial charge is 0.356 e. The fourth-order valence-corrected chi connectivity index (χ4v) is 4.11. The summed E-state index contributed by atoms with van der Waals surface area (Å²) in [7, 11) is 1.31. The minimum atomic E-state index is -0.542. The second-order valence-electron chi connectivity index (χ2n) is 7.37. The van der Waals surface area contributed by atoms with Gasteiger partial charge in [-0.05, 0) is 30.7 Å². The number of aromatic amines is 1. The van der Waals surface area contributed by atoms with Gasteiger partial charge in [-0.1, -0.05) is 35.9 Å². The van der Waals surface area contributed by atoms with E-state index in [0.717, 1.165) is 19.5 Å². The molecule has 0 saturated heterocycles. The molecule has 2 atom stereocenters. The number of carbonyl (C=O) groups excluding carboxylic acids is 2. The van der Waals surface area contributed by atoms with Crippen molar-refractivity contribution < 1.29 is 19.2 Å². The number of amides is 1. The Balaban J connectivity index is 1.60. The fraction of sp³-hybridized carbons (Fsp3) is 0.273. The van der Waals surface area contributed by atoms with E-state index in [2.05, 4.69) is 28.5 Å². The first-order chi connectivity index (χ1) is 14.0. The Morgan fingerprint density at radius 3 is 2.72 bits per heavy atom. The predicted octanol–water partition coefficient (Wildman–Crippen LogP) is 2.58. The van der Waals surface area contributed by atoms with Gasteiger partial charge in [-0.25, -0.2) is 4.79 Å². The first-order valence-corrected chi connectivity index (χ1v) is 9.97. The van der Waals surface area contributed by atoms with Gasteiger partial charge in [-0.15, -0.1) is 0 Å². The second-order valence-corrected chi connectivity index (χ2v) is 7.81. The first-order valence-electron chi connectivity index (χ1n) is 9.59. The van der Waals surface area contributed by atoms with Crippen LogP contribution in [0.3, 0.4) is 0 Å². The molecule has 1 aromatic heterocycles. The van der Waals surface area contributed by atoms with Crippen LogP contribution in [-0.4, -0.2) is 36.6 Å². The average molecular weight is 413 g/mol. The Hall–Kier alpha value is -2.83. The van der Waals surface area contributed by atoms with Crippen LogP contribution >= 0.6 is 11.6 Å². The minimum absolute atomic E-state index is 0.148. The van der Waals surface area contributed by atoms with Crippen LogP contribution in [0.15, 0.2) is 42.5 Å². The number of rotatable bonds is 4. The summed E-state index contributed by atoms with van der Waals surface area (Å²) in [5, 5.41) is 4.15. The van der Waals surface area contributed by atoms with Gasteiger partial charge in [0.1, 0.15) is 12.2 Å². The highest BCUT2D eigenvalue weighted by Crippen LogP contribution is 2.30. The summed E-state index contributed by atoms with van der Waals surface area (Å²) in [6.45, 7) is 3.60. The summed E-state index contributed by atoms with van der Waals surface area (Å²) >= 11 is 6.14. The number of quaternary nitrogens is 1. The van der Waals surface area contributed by atoms with Crippen LogP contribution < -0.4 is 10.2 Å². The van der Waals surface area contributed by atoms with Crippen molar-refractivity contribution in [1.82, 2.24) is 4.98 Å². The van der Waals surface area contributed by atoms with E-state index >= 15 is 0 Å². The number of hydrogen-bond donors (Lipinski definition) is 3. The number of esters is 1. The highest BCUT2D eigenvalue weighted by molar-refractivity contribution is 6.31. The van der Waals surface area contributed by atoms with Crippen LogP contribution in [0.25, 0.3) is 10.9 Å². The number of hydrogen-bond acceptors (Lipinski definition) is 3. The summed E-state index contributed by atoms with van der Waals surface area (Å²) in [5.41, 5.74) is 3.95. The zero-order valence-corrected chi connectivity index (χ0v) is 17.1. The maximum absolute atomic E-state index is 13.1. The first kappa shape index (κ1) is 19.5. The van der Waals surface area contributed by atoms with Crippen molar-refractivity contribution >= 4 is 40.1 Å². The molecule has 4 rings (SSSR count). The van der Waals surface area contributed by atoms with E-state index in [4.69, 9.17) is 16.3 Å². The molecule has 6 nitrogen and oxygen atoms in total. The molecule has 3 N–H and O–H groups in total. The lowest BCUT2D eigenvalue weighted by Gasteiger charge is -2.30. The summed E-state index contributed by atoms with van der Waals surface area (Å²) in [6.07, 6.45) is 0.944. The molecule has 2 heterocycles. The third-order valence-electron chi connectivity index (χ3n) is 5.66. The third-order valence-corrected chi connectivity index (χ3v) is 5.89. The van der Waals surface area contributed by atoms with Crippen molar-refractivity contribution in [2.75, 3.05) is 19.0 Å². The number of anilines is 1. The van der Waals surface area contributed by atoms with Crippen LogP contribution in [0.2, 0.25) is 5.02 Å². The molecule has 0 saturated carbocycles. The summed E-state index contributed by atoms with van der Waals surface area (Å²) in [5.74, 6) is -0.690. The number of carbonyl (C=O) groups is 2. The molecule has 0 spiro atoms. The standard InChI is InChI=1S/C22H22ClN3O3/c1-13(26-10-9-14-5-3-4-6-15(14)12-26)21(27)25-19-17-11-16(23)7-8-18(17)24-20(19)22(28)29-2/h3-8,11,13,24H,9-10,12H2,1-2H3,(H,25,27)/p+1/t13-/m0/s1. The molecular weight excluding hydrogens is 390 g/mol. The molecule has 7 heteroatoms. The van der Waals surface area contributed by atoms with Gasteiger partial charge in [0.2, 0.25) is 0 Å². The number of fused-ring (bicyclic) bond motifs is 2. The van der Waals surface area contributed by atoms with Crippen molar-refractivity contribution in [3.05, 3.63) is 64.3 Å². The van der Waals surface area contributed by atoms with Gasteiger partial charge in [-0.2, -0.15) is 0 Å². The highest BCUT2D eigenvalue weighted by atomic mass is 35.5. The van der Waals surface area contributed by atoms with E-state index in [0.29, 0.717) is 21.6 Å². The van der Waals surface area contributed by atoms with Gasteiger partial charge in [0.05, 0.1) is 19.3 Å². The minimum Gasteiger partial charge on any atom is -0.464 e. The molecule has 150 valence electrons. The largest absolute Gasteiger partial charge is 0.464 e. The lowest BCUT2D eigenvalue weighted by molar-refractivity contribution is -0.929. The maximum Gasteiger partial charge on any atom is 0.356 e. The van der Waals surface area contributed by atoms with Crippen molar-refractivity contribution in [3.63, 3.8) is 0 Å².